The molecule has 0 spiro atoms. The van der Waals surface area contributed by atoms with Crippen molar-refractivity contribution in [2.24, 2.45) is 10.9 Å². The Morgan fingerprint density at radius 3 is 2.55 bits per heavy atom. The van der Waals surface area contributed by atoms with Gasteiger partial charge < -0.3 is 20.3 Å². The third kappa shape index (κ3) is 7.62. The largest absolute Gasteiger partial charge is 0.493 e. The van der Waals surface area contributed by atoms with Crippen LogP contribution in [-0.4, -0.2) is 43.5 Å². The molecule has 2 aromatic carbocycles. The van der Waals surface area contributed by atoms with E-state index in [1.807, 2.05) is 47.4 Å². The lowest BCUT2D eigenvalue weighted by atomic mass is 10.1. The number of carbonyl (C=O) groups is 1. The van der Waals surface area contributed by atoms with Crippen molar-refractivity contribution in [3.8, 4) is 5.75 Å². The second kappa shape index (κ2) is 12.8. The number of nitrogens with one attached hydrogen (secondary N) is 2. The van der Waals surface area contributed by atoms with Crippen LogP contribution in [-0.2, 0) is 13.1 Å². The van der Waals surface area contributed by atoms with Crippen molar-refractivity contribution in [2.45, 2.75) is 45.2 Å². The van der Waals surface area contributed by atoms with E-state index in [9.17, 15) is 4.79 Å². The first-order chi connectivity index (χ1) is 15.7. The lowest BCUT2D eigenvalue weighted by Crippen LogP contribution is -2.37. The summed E-state index contributed by atoms with van der Waals surface area (Å²) in [6.45, 7) is 3.76. The summed E-state index contributed by atoms with van der Waals surface area (Å²) < 4.78 is 6.01. The summed E-state index contributed by atoms with van der Waals surface area (Å²) in [6, 6.07) is 16.0. The smallest absolute Gasteiger partial charge is 0.253 e. The molecule has 1 amide bonds. The molecule has 1 heterocycles. The minimum absolute atomic E-state index is 0. The van der Waals surface area contributed by atoms with Gasteiger partial charge in [0.1, 0.15) is 5.75 Å². The lowest BCUT2D eigenvalue weighted by Gasteiger charge is -2.26. The number of halogens is 1. The molecular formula is C26H35IN4O2. The molecule has 1 aliphatic heterocycles. The summed E-state index contributed by atoms with van der Waals surface area (Å²) in [5, 5.41) is 6.73. The number of para-hydroxylation sites is 1. The number of rotatable bonds is 8. The molecule has 2 aromatic rings. The van der Waals surface area contributed by atoms with Crippen molar-refractivity contribution in [1.29, 1.82) is 0 Å². The molecule has 1 aliphatic carbocycles. The summed E-state index contributed by atoms with van der Waals surface area (Å²) >= 11 is 0. The molecule has 6 nitrogen and oxygen atoms in total. The zero-order chi connectivity index (χ0) is 22.2. The Kier molecular flexibility index (Phi) is 9.84. The predicted octanol–water partition coefficient (Wildman–Crippen LogP) is 4.58. The van der Waals surface area contributed by atoms with Crippen LogP contribution in [0, 0.1) is 5.92 Å². The number of guanidine groups is 1. The minimum atomic E-state index is 0. The van der Waals surface area contributed by atoms with Gasteiger partial charge in [0.25, 0.3) is 5.91 Å². The third-order valence-electron chi connectivity index (χ3n) is 6.09. The molecule has 2 aliphatic rings. The lowest BCUT2D eigenvalue weighted by molar-refractivity contribution is 0.0724. The van der Waals surface area contributed by atoms with Gasteiger partial charge in [-0.05, 0) is 61.8 Å². The Balaban J connectivity index is 0.00000306. The summed E-state index contributed by atoms with van der Waals surface area (Å²) in [5.41, 5.74) is 2.94. The molecule has 4 rings (SSSR count). The molecule has 33 heavy (non-hydrogen) atoms. The minimum Gasteiger partial charge on any atom is -0.493 e. The molecule has 7 heteroatoms. The monoisotopic (exact) mass is 562 g/mol. The van der Waals surface area contributed by atoms with Gasteiger partial charge in [-0.25, -0.2) is 0 Å². The second-order valence-corrected chi connectivity index (χ2v) is 8.69. The first-order valence-electron chi connectivity index (χ1n) is 11.8. The van der Waals surface area contributed by atoms with Crippen molar-refractivity contribution >= 4 is 35.8 Å². The van der Waals surface area contributed by atoms with Crippen molar-refractivity contribution in [1.82, 2.24) is 15.5 Å². The molecule has 2 fully saturated rings. The fourth-order valence-electron chi connectivity index (χ4n) is 3.96. The van der Waals surface area contributed by atoms with Crippen LogP contribution in [0.4, 0.5) is 0 Å². The van der Waals surface area contributed by atoms with Crippen molar-refractivity contribution < 1.29 is 9.53 Å². The number of likely N-dealkylation sites (tertiary alicyclic amines) is 1. The van der Waals surface area contributed by atoms with E-state index in [-0.39, 0.29) is 29.9 Å². The standard InChI is InChI=1S/C26H34N4O2.HI/c1-27-26(29-18-23-9-3-4-11-24(23)32-19-20-12-13-20)28-17-21-8-7-10-22(16-21)25(31)30-14-5-2-6-15-30;/h3-4,7-11,16,20H,2,5-6,12-15,17-19H2,1H3,(H2,27,28,29);1H. The van der Waals surface area contributed by atoms with Crippen LogP contribution in [0.3, 0.4) is 0 Å². The fourth-order valence-corrected chi connectivity index (χ4v) is 3.96. The highest BCUT2D eigenvalue weighted by Crippen LogP contribution is 2.30. The summed E-state index contributed by atoms with van der Waals surface area (Å²) in [6.07, 6.45) is 5.98. The predicted molar refractivity (Wildman–Crippen MR) is 143 cm³/mol. The quantitative estimate of drug-likeness (QED) is 0.281. The number of carbonyl (C=O) groups excluding carboxylic acids is 1. The van der Waals surface area contributed by atoms with Crippen LogP contribution in [0.2, 0.25) is 0 Å². The number of aliphatic imine (C=N–C) groups is 1. The van der Waals surface area contributed by atoms with Crippen molar-refractivity contribution in [3.05, 3.63) is 65.2 Å². The fraction of sp³-hybridized carbons (Fsp3) is 0.462. The van der Waals surface area contributed by atoms with Gasteiger partial charge in [-0.15, -0.1) is 24.0 Å². The summed E-state index contributed by atoms with van der Waals surface area (Å²) in [5.74, 6) is 2.51. The van der Waals surface area contributed by atoms with E-state index in [1.54, 1.807) is 7.05 Å². The molecule has 0 aromatic heterocycles. The number of hydrogen-bond donors (Lipinski definition) is 2. The molecular weight excluding hydrogens is 527 g/mol. The van der Waals surface area contributed by atoms with E-state index in [0.717, 1.165) is 66.9 Å². The maximum atomic E-state index is 12.8. The Bertz CT molecular complexity index is 939. The van der Waals surface area contributed by atoms with Gasteiger partial charge in [0.05, 0.1) is 6.61 Å². The van der Waals surface area contributed by atoms with E-state index in [0.29, 0.717) is 13.1 Å². The molecule has 178 valence electrons. The number of piperidine rings is 1. The summed E-state index contributed by atoms with van der Waals surface area (Å²) in [4.78, 5) is 19.1. The number of ether oxygens (including phenoxy) is 1. The zero-order valence-corrected chi connectivity index (χ0v) is 21.7. The molecule has 0 bridgehead atoms. The first kappa shape index (κ1) is 25.3. The highest BCUT2D eigenvalue weighted by atomic mass is 127. The Labute approximate surface area is 214 Å². The highest BCUT2D eigenvalue weighted by molar-refractivity contribution is 14.0. The maximum Gasteiger partial charge on any atom is 0.253 e. The highest BCUT2D eigenvalue weighted by Gasteiger charge is 2.22. The Morgan fingerprint density at radius 1 is 1.03 bits per heavy atom. The van der Waals surface area contributed by atoms with Gasteiger partial charge >= 0.3 is 0 Å². The summed E-state index contributed by atoms with van der Waals surface area (Å²) in [7, 11) is 1.77. The van der Waals surface area contributed by atoms with Crippen molar-refractivity contribution in [3.63, 3.8) is 0 Å². The molecule has 2 N–H and O–H groups in total. The van der Waals surface area contributed by atoms with Crippen LogP contribution in [0.15, 0.2) is 53.5 Å². The van der Waals surface area contributed by atoms with E-state index in [1.165, 1.54) is 19.3 Å². The number of benzene rings is 2. The normalized spacial score (nSPS) is 16.0. The van der Waals surface area contributed by atoms with Gasteiger partial charge in [0, 0.05) is 44.4 Å². The van der Waals surface area contributed by atoms with Crippen LogP contribution in [0.1, 0.15) is 53.6 Å². The third-order valence-corrected chi connectivity index (χ3v) is 6.09. The molecule has 0 unspecified atom stereocenters. The molecule has 1 saturated heterocycles. The molecule has 0 radical (unpaired) electrons. The zero-order valence-electron chi connectivity index (χ0n) is 19.4. The van der Waals surface area contributed by atoms with Gasteiger partial charge in [-0.2, -0.15) is 0 Å². The van der Waals surface area contributed by atoms with Crippen molar-refractivity contribution in [2.75, 3.05) is 26.7 Å². The van der Waals surface area contributed by atoms with Gasteiger partial charge in [-0.1, -0.05) is 30.3 Å². The van der Waals surface area contributed by atoms with E-state index in [2.05, 4.69) is 21.7 Å². The maximum absolute atomic E-state index is 12.8. The molecule has 0 atom stereocenters. The number of hydrogen-bond acceptors (Lipinski definition) is 3. The van der Waals surface area contributed by atoms with Gasteiger partial charge in [0.15, 0.2) is 5.96 Å². The van der Waals surface area contributed by atoms with Gasteiger partial charge in [-0.3, -0.25) is 9.79 Å². The number of amides is 1. The Morgan fingerprint density at radius 2 is 1.79 bits per heavy atom. The van der Waals surface area contributed by atoms with Crippen LogP contribution >= 0.6 is 24.0 Å². The van der Waals surface area contributed by atoms with Crippen LogP contribution in [0.5, 0.6) is 5.75 Å². The second-order valence-electron chi connectivity index (χ2n) is 8.69. The molecule has 1 saturated carbocycles. The topological polar surface area (TPSA) is 66.0 Å². The van der Waals surface area contributed by atoms with E-state index in [4.69, 9.17) is 4.74 Å². The van der Waals surface area contributed by atoms with Gasteiger partial charge in [0.2, 0.25) is 0 Å². The Hall–Kier alpha value is -2.29. The SMILES string of the molecule is CN=C(NCc1cccc(C(=O)N2CCCCC2)c1)NCc1ccccc1OCC1CC1.I. The van der Waals surface area contributed by atoms with E-state index >= 15 is 0 Å². The first-order valence-corrected chi connectivity index (χ1v) is 11.8. The average Bonchev–Trinajstić information content (AvgIpc) is 3.68. The van der Waals surface area contributed by atoms with Crippen LogP contribution in [0.25, 0.3) is 0 Å². The number of nitrogens with zero attached hydrogens (tertiary/aromatic N) is 2. The average molecular weight is 562 g/mol. The van der Waals surface area contributed by atoms with E-state index < -0.39 is 0 Å². The van der Waals surface area contributed by atoms with Crippen LogP contribution < -0.4 is 15.4 Å².